The van der Waals surface area contributed by atoms with Crippen molar-refractivity contribution in [2.75, 3.05) is 18.9 Å². The lowest BCUT2D eigenvalue weighted by molar-refractivity contribution is 0.0662. The molecule has 1 aliphatic heterocycles. The second-order valence-corrected chi connectivity index (χ2v) is 4.99. The van der Waals surface area contributed by atoms with Gasteiger partial charge in [-0.15, -0.1) is 5.10 Å². The molecule has 2 N–H and O–H groups in total. The molecule has 2 heterocycles. The van der Waals surface area contributed by atoms with Crippen LogP contribution in [-0.2, 0) is 4.74 Å². The van der Waals surface area contributed by atoms with Gasteiger partial charge in [0.2, 0.25) is 0 Å². The molecule has 106 valence electrons. The van der Waals surface area contributed by atoms with Crippen molar-refractivity contribution < 1.29 is 9.13 Å². The Balaban J connectivity index is 2.05. The fraction of sp³-hybridized carbons (Fsp3) is 0.462. The number of nitrogens with zero attached hydrogens (tertiary/aromatic N) is 4. The molecule has 0 spiro atoms. The molecule has 20 heavy (non-hydrogen) atoms. The number of halogens is 1. The van der Waals surface area contributed by atoms with Gasteiger partial charge in [-0.2, -0.15) is 0 Å². The van der Waals surface area contributed by atoms with Crippen molar-refractivity contribution in [2.24, 2.45) is 0 Å². The van der Waals surface area contributed by atoms with Crippen molar-refractivity contribution in [1.82, 2.24) is 20.2 Å². The molecule has 6 nitrogen and oxygen atoms in total. The quantitative estimate of drug-likeness (QED) is 0.845. The van der Waals surface area contributed by atoms with Gasteiger partial charge in [0.15, 0.2) is 5.82 Å². The van der Waals surface area contributed by atoms with E-state index in [0.29, 0.717) is 35.9 Å². The Labute approximate surface area is 115 Å². The van der Waals surface area contributed by atoms with Crippen LogP contribution in [0.3, 0.4) is 0 Å². The van der Waals surface area contributed by atoms with E-state index < -0.39 is 0 Å². The summed E-state index contributed by atoms with van der Waals surface area (Å²) in [7, 11) is 0. The van der Waals surface area contributed by atoms with Crippen LogP contribution in [0.4, 0.5) is 10.1 Å². The summed E-state index contributed by atoms with van der Waals surface area (Å²) in [4.78, 5) is 0. The molecule has 1 aromatic carbocycles. The molecule has 1 fully saturated rings. The maximum Gasteiger partial charge on any atom is 0.185 e. The van der Waals surface area contributed by atoms with Crippen molar-refractivity contribution in [3.63, 3.8) is 0 Å². The molecule has 0 amide bonds. The Hall–Kier alpha value is -2.02. The minimum Gasteiger partial charge on any atom is -0.399 e. The summed E-state index contributed by atoms with van der Waals surface area (Å²) >= 11 is 0. The van der Waals surface area contributed by atoms with Crippen molar-refractivity contribution in [2.45, 2.75) is 25.8 Å². The van der Waals surface area contributed by atoms with Gasteiger partial charge in [0.25, 0.3) is 0 Å². The van der Waals surface area contributed by atoms with Gasteiger partial charge in [-0.05, 0) is 47.9 Å². The number of hydrogen-bond donors (Lipinski definition) is 1. The topological polar surface area (TPSA) is 78.9 Å². The summed E-state index contributed by atoms with van der Waals surface area (Å²) in [5.41, 5.74) is 7.13. The van der Waals surface area contributed by atoms with E-state index >= 15 is 0 Å². The molecular weight excluding hydrogens is 261 g/mol. The average molecular weight is 277 g/mol. The lowest BCUT2D eigenvalue weighted by atomic mass is 10.1. The molecular formula is C13H16FN5O. The molecule has 2 aromatic rings. The van der Waals surface area contributed by atoms with Gasteiger partial charge >= 0.3 is 0 Å². The van der Waals surface area contributed by atoms with Gasteiger partial charge in [-0.1, -0.05) is 0 Å². The van der Waals surface area contributed by atoms with Crippen LogP contribution in [-0.4, -0.2) is 33.4 Å². The lowest BCUT2D eigenvalue weighted by Crippen LogP contribution is -2.21. The molecule has 1 saturated heterocycles. The third-order valence-electron chi connectivity index (χ3n) is 3.55. The first-order chi connectivity index (χ1) is 9.66. The zero-order valence-corrected chi connectivity index (χ0v) is 11.2. The number of nitrogen functional groups attached to an aromatic ring is 1. The number of ether oxygens (including phenoxy) is 1. The SMILES string of the molecule is Cc1cc(N)cc(-c2nnnn2C2CCOCC2)c1F. The van der Waals surface area contributed by atoms with Crippen LogP contribution in [0, 0.1) is 12.7 Å². The smallest absolute Gasteiger partial charge is 0.185 e. The number of rotatable bonds is 2. The molecule has 0 atom stereocenters. The Bertz CT molecular complexity index is 621. The van der Waals surface area contributed by atoms with Crippen LogP contribution in [0.5, 0.6) is 0 Å². The second-order valence-electron chi connectivity index (χ2n) is 4.99. The van der Waals surface area contributed by atoms with E-state index in [2.05, 4.69) is 15.5 Å². The average Bonchev–Trinajstić information content (AvgIpc) is 2.93. The Morgan fingerprint density at radius 3 is 2.85 bits per heavy atom. The Morgan fingerprint density at radius 1 is 1.35 bits per heavy atom. The Kier molecular flexibility index (Phi) is 3.35. The number of tetrazole rings is 1. The van der Waals surface area contributed by atoms with Gasteiger partial charge in [-0.3, -0.25) is 0 Å². The fourth-order valence-electron chi connectivity index (χ4n) is 2.51. The van der Waals surface area contributed by atoms with Crippen LogP contribution < -0.4 is 5.73 Å². The van der Waals surface area contributed by atoms with Gasteiger partial charge in [0.05, 0.1) is 11.6 Å². The summed E-state index contributed by atoms with van der Waals surface area (Å²) in [5.74, 6) is 0.0899. The Morgan fingerprint density at radius 2 is 2.10 bits per heavy atom. The van der Waals surface area contributed by atoms with Crippen molar-refractivity contribution >= 4 is 5.69 Å². The molecule has 1 aromatic heterocycles. The van der Waals surface area contributed by atoms with E-state index in [0.717, 1.165) is 12.8 Å². The predicted octanol–water partition coefficient (Wildman–Crippen LogP) is 1.72. The van der Waals surface area contributed by atoms with E-state index in [1.165, 1.54) is 0 Å². The van der Waals surface area contributed by atoms with Crippen LogP contribution in [0.15, 0.2) is 12.1 Å². The largest absolute Gasteiger partial charge is 0.399 e. The highest BCUT2D eigenvalue weighted by molar-refractivity contribution is 5.63. The minimum absolute atomic E-state index is 0.134. The molecule has 0 bridgehead atoms. The third-order valence-corrected chi connectivity index (χ3v) is 3.55. The standard InChI is InChI=1S/C13H16FN5O/c1-8-6-9(15)7-11(12(8)14)13-16-17-18-19(13)10-2-4-20-5-3-10/h6-7,10H,2-5,15H2,1H3. The van der Waals surface area contributed by atoms with E-state index in [1.807, 2.05) is 0 Å². The molecule has 3 rings (SSSR count). The van der Waals surface area contributed by atoms with Crippen molar-refractivity contribution in [3.05, 3.63) is 23.5 Å². The zero-order chi connectivity index (χ0) is 14.1. The van der Waals surface area contributed by atoms with E-state index in [9.17, 15) is 4.39 Å². The number of hydrogen-bond acceptors (Lipinski definition) is 5. The summed E-state index contributed by atoms with van der Waals surface area (Å²) < 4.78 is 21.3. The molecule has 0 unspecified atom stereocenters. The minimum atomic E-state index is -0.331. The molecule has 0 saturated carbocycles. The van der Waals surface area contributed by atoms with Crippen LogP contribution in [0.1, 0.15) is 24.4 Å². The van der Waals surface area contributed by atoms with Crippen molar-refractivity contribution in [3.8, 4) is 11.4 Å². The third kappa shape index (κ3) is 2.24. The van der Waals surface area contributed by atoms with Gasteiger partial charge in [-0.25, -0.2) is 9.07 Å². The monoisotopic (exact) mass is 277 g/mol. The highest BCUT2D eigenvalue weighted by atomic mass is 19.1. The van der Waals surface area contributed by atoms with Gasteiger partial charge < -0.3 is 10.5 Å². The first-order valence-electron chi connectivity index (χ1n) is 6.58. The molecule has 7 heteroatoms. The zero-order valence-electron chi connectivity index (χ0n) is 11.2. The number of benzene rings is 1. The predicted molar refractivity (Wildman–Crippen MR) is 71.5 cm³/mol. The summed E-state index contributed by atoms with van der Waals surface area (Å²) in [5, 5.41) is 11.7. The summed E-state index contributed by atoms with van der Waals surface area (Å²) in [6, 6.07) is 3.31. The van der Waals surface area contributed by atoms with E-state index in [-0.39, 0.29) is 11.9 Å². The highest BCUT2D eigenvalue weighted by Gasteiger charge is 2.23. The maximum atomic E-state index is 14.3. The van der Waals surface area contributed by atoms with Gasteiger partial charge in [0.1, 0.15) is 5.82 Å². The number of aromatic nitrogens is 4. The van der Waals surface area contributed by atoms with Crippen molar-refractivity contribution in [1.29, 1.82) is 0 Å². The number of nitrogens with two attached hydrogens (primary N) is 1. The first kappa shape index (κ1) is 13.0. The normalized spacial score (nSPS) is 16.5. The summed E-state index contributed by atoms with van der Waals surface area (Å²) in [6.45, 7) is 3.02. The first-order valence-corrected chi connectivity index (χ1v) is 6.58. The number of anilines is 1. The number of aryl methyl sites for hydroxylation is 1. The molecule has 0 radical (unpaired) electrons. The summed E-state index contributed by atoms with van der Waals surface area (Å²) in [6.07, 6.45) is 1.64. The maximum absolute atomic E-state index is 14.3. The van der Waals surface area contributed by atoms with E-state index in [1.54, 1.807) is 23.7 Å². The molecule has 0 aliphatic carbocycles. The molecule has 1 aliphatic rings. The highest BCUT2D eigenvalue weighted by Crippen LogP contribution is 2.29. The lowest BCUT2D eigenvalue weighted by Gasteiger charge is -2.22. The second kappa shape index (κ2) is 5.16. The fourth-order valence-corrected chi connectivity index (χ4v) is 2.51. The van der Waals surface area contributed by atoms with E-state index in [4.69, 9.17) is 10.5 Å². The van der Waals surface area contributed by atoms with Crippen LogP contribution in [0.2, 0.25) is 0 Å². The van der Waals surface area contributed by atoms with Gasteiger partial charge in [0, 0.05) is 18.9 Å². The van der Waals surface area contributed by atoms with Crippen LogP contribution in [0.25, 0.3) is 11.4 Å². The van der Waals surface area contributed by atoms with Crippen LogP contribution >= 0.6 is 0 Å².